The first kappa shape index (κ1) is 21.0. The molecular formula is C24H22FN5O3. The Hall–Kier alpha value is -3.88. The second-order valence-electron chi connectivity index (χ2n) is 8.51. The van der Waals surface area contributed by atoms with E-state index in [-0.39, 0.29) is 18.1 Å². The predicted molar refractivity (Wildman–Crippen MR) is 118 cm³/mol. The van der Waals surface area contributed by atoms with Crippen LogP contribution in [0.4, 0.5) is 4.39 Å². The minimum atomic E-state index is -1.21. The number of hydrogen-bond donors (Lipinski definition) is 0. The van der Waals surface area contributed by atoms with E-state index in [1.165, 1.54) is 6.20 Å². The van der Waals surface area contributed by atoms with Crippen LogP contribution in [-0.2, 0) is 6.42 Å². The molecule has 0 aliphatic carbocycles. The Morgan fingerprint density at radius 1 is 1.12 bits per heavy atom. The summed E-state index contributed by atoms with van der Waals surface area (Å²) in [7, 11) is 0. The van der Waals surface area contributed by atoms with E-state index in [0.717, 1.165) is 11.1 Å². The first-order chi connectivity index (χ1) is 15.9. The number of carbonyl (C=O) groups excluding carboxylic acids is 2. The van der Waals surface area contributed by atoms with Crippen molar-refractivity contribution in [2.24, 2.45) is 0 Å². The fraction of sp³-hybridized carbons (Fsp3) is 0.292. The number of ketones is 1. The van der Waals surface area contributed by atoms with Crippen molar-refractivity contribution in [2.45, 2.75) is 31.9 Å². The van der Waals surface area contributed by atoms with Gasteiger partial charge < -0.3 is 9.42 Å². The van der Waals surface area contributed by atoms with Gasteiger partial charge in [-0.2, -0.15) is 0 Å². The van der Waals surface area contributed by atoms with Crippen molar-refractivity contribution in [2.75, 3.05) is 13.1 Å². The number of Topliss-reactive ketones (excluding diaryl/α,β-unsaturated/α-hetero) is 1. The molecule has 8 nitrogen and oxygen atoms in total. The van der Waals surface area contributed by atoms with Crippen molar-refractivity contribution < 1.29 is 18.5 Å². The number of rotatable bonds is 5. The quantitative estimate of drug-likeness (QED) is 0.432. The largest absolute Gasteiger partial charge is 0.361 e. The molecular weight excluding hydrogens is 425 g/mol. The molecule has 5 heterocycles. The van der Waals surface area contributed by atoms with Gasteiger partial charge in [0.15, 0.2) is 5.78 Å². The van der Waals surface area contributed by atoms with Crippen molar-refractivity contribution >= 4 is 22.7 Å². The molecule has 0 aromatic carbocycles. The number of nitrogens with zero attached hydrogens (tertiary/aromatic N) is 5. The fourth-order valence-corrected chi connectivity index (χ4v) is 3.98. The van der Waals surface area contributed by atoms with Crippen LogP contribution in [0.3, 0.4) is 0 Å². The molecule has 1 aliphatic heterocycles. The molecule has 1 amide bonds. The second kappa shape index (κ2) is 8.23. The number of piperidine rings is 1. The first-order valence-corrected chi connectivity index (χ1v) is 10.7. The molecule has 9 heteroatoms. The summed E-state index contributed by atoms with van der Waals surface area (Å²) in [4.78, 5) is 35.7. The number of carbonyl (C=O) groups is 2. The van der Waals surface area contributed by atoms with Crippen molar-refractivity contribution in [1.29, 1.82) is 0 Å². The van der Waals surface area contributed by atoms with Crippen LogP contribution in [0.1, 0.15) is 46.4 Å². The summed E-state index contributed by atoms with van der Waals surface area (Å²) in [5, 5.41) is 4.40. The normalized spacial score (nSPS) is 15.6. The number of aromatic nitrogens is 4. The molecule has 0 spiro atoms. The highest BCUT2D eigenvalue weighted by molar-refractivity contribution is 5.97. The zero-order valence-electron chi connectivity index (χ0n) is 18.1. The minimum absolute atomic E-state index is 0.0960. The van der Waals surface area contributed by atoms with E-state index >= 15 is 0 Å². The lowest BCUT2D eigenvalue weighted by atomic mass is 9.95. The lowest BCUT2D eigenvalue weighted by molar-refractivity contribution is 0.0503. The number of alkyl halides is 1. The minimum Gasteiger partial charge on any atom is -0.361 e. The molecule has 0 unspecified atom stereocenters. The topological polar surface area (TPSA) is 94.1 Å². The summed E-state index contributed by atoms with van der Waals surface area (Å²) in [6, 6.07) is 8.77. The predicted octanol–water partition coefficient (Wildman–Crippen LogP) is 3.80. The highest BCUT2D eigenvalue weighted by atomic mass is 19.1. The van der Waals surface area contributed by atoms with Crippen LogP contribution in [-0.4, -0.2) is 55.0 Å². The van der Waals surface area contributed by atoms with Crippen LogP contribution in [0.25, 0.3) is 16.7 Å². The van der Waals surface area contributed by atoms with Gasteiger partial charge in [-0.15, -0.1) is 0 Å². The van der Waals surface area contributed by atoms with Crippen LogP contribution in [0, 0.1) is 0 Å². The Morgan fingerprint density at radius 2 is 1.94 bits per heavy atom. The van der Waals surface area contributed by atoms with E-state index in [1.54, 1.807) is 48.5 Å². The third-order valence-electron chi connectivity index (χ3n) is 6.00. The van der Waals surface area contributed by atoms with Crippen LogP contribution >= 0.6 is 0 Å². The van der Waals surface area contributed by atoms with E-state index in [1.807, 2.05) is 16.8 Å². The molecule has 0 saturated carbocycles. The van der Waals surface area contributed by atoms with Crippen molar-refractivity contribution in [3.63, 3.8) is 0 Å². The molecule has 0 N–H and O–H groups in total. The first-order valence-electron chi connectivity index (χ1n) is 10.7. The zero-order valence-corrected chi connectivity index (χ0v) is 18.1. The molecule has 1 saturated heterocycles. The fourth-order valence-electron chi connectivity index (χ4n) is 3.98. The standard InChI is InChI=1S/C24H22FN5O3/c1-24(25)6-10-29(11-7-24)23(32)17-12-16-5-9-30(22(16)27-14-17)18-2-3-20(26-15-18)21(31)13-19-4-8-28-33-19/h2-5,8-9,12,14-15H,6-7,10-11,13H2,1H3. The highest BCUT2D eigenvalue weighted by Gasteiger charge is 2.32. The van der Waals surface area contributed by atoms with Gasteiger partial charge in [-0.25, -0.2) is 9.37 Å². The summed E-state index contributed by atoms with van der Waals surface area (Å²) in [6.45, 7) is 2.38. The summed E-state index contributed by atoms with van der Waals surface area (Å²) in [5.41, 5.74) is 1.02. The highest BCUT2D eigenvalue weighted by Crippen LogP contribution is 2.27. The van der Waals surface area contributed by atoms with Gasteiger partial charge in [-0.1, -0.05) is 5.16 Å². The molecule has 168 valence electrons. The van der Waals surface area contributed by atoms with Crippen molar-refractivity contribution in [3.8, 4) is 5.69 Å². The second-order valence-corrected chi connectivity index (χ2v) is 8.51. The molecule has 0 bridgehead atoms. The van der Waals surface area contributed by atoms with Crippen LogP contribution in [0.5, 0.6) is 0 Å². The van der Waals surface area contributed by atoms with Crippen molar-refractivity contribution in [1.82, 2.24) is 24.6 Å². The third-order valence-corrected chi connectivity index (χ3v) is 6.00. The van der Waals surface area contributed by atoms with E-state index in [0.29, 0.717) is 48.6 Å². The van der Waals surface area contributed by atoms with Gasteiger partial charge in [0.1, 0.15) is 22.8 Å². The van der Waals surface area contributed by atoms with Crippen molar-refractivity contribution in [3.05, 3.63) is 72.1 Å². The number of hydrogen-bond acceptors (Lipinski definition) is 6. The Kier molecular flexibility index (Phi) is 5.24. The number of pyridine rings is 2. The summed E-state index contributed by atoms with van der Waals surface area (Å²) < 4.78 is 20.9. The van der Waals surface area contributed by atoms with Gasteiger partial charge in [0, 0.05) is 36.9 Å². The summed E-state index contributed by atoms with van der Waals surface area (Å²) >= 11 is 0. The molecule has 1 fully saturated rings. The van der Waals surface area contributed by atoms with Crippen LogP contribution in [0.2, 0.25) is 0 Å². The zero-order chi connectivity index (χ0) is 23.0. The number of fused-ring (bicyclic) bond motifs is 1. The third kappa shape index (κ3) is 4.26. The SMILES string of the molecule is CC1(F)CCN(C(=O)c2cnc3c(ccn3-c3ccc(C(=O)Cc4ccno4)nc3)c2)CC1. The maximum Gasteiger partial charge on any atom is 0.255 e. The smallest absolute Gasteiger partial charge is 0.255 e. The van der Waals surface area contributed by atoms with Crippen LogP contribution in [0.15, 0.2) is 59.6 Å². The van der Waals surface area contributed by atoms with E-state index in [2.05, 4.69) is 15.1 Å². The Labute approximate surface area is 189 Å². The number of likely N-dealkylation sites (tertiary alicyclic amines) is 1. The molecule has 33 heavy (non-hydrogen) atoms. The molecule has 1 aliphatic rings. The Bertz CT molecular complexity index is 1300. The monoisotopic (exact) mass is 447 g/mol. The number of amides is 1. The van der Waals surface area contributed by atoms with Gasteiger partial charge in [0.25, 0.3) is 5.91 Å². The summed E-state index contributed by atoms with van der Waals surface area (Å²) in [6.07, 6.45) is 7.27. The van der Waals surface area contributed by atoms with E-state index < -0.39 is 5.67 Å². The molecule has 0 atom stereocenters. The lowest BCUT2D eigenvalue weighted by Gasteiger charge is -2.34. The average Bonchev–Trinajstić information content (AvgIpc) is 3.48. The van der Waals surface area contributed by atoms with Gasteiger partial charge in [-0.05, 0) is 44.0 Å². The van der Waals surface area contributed by atoms with Gasteiger partial charge in [0.2, 0.25) is 0 Å². The van der Waals surface area contributed by atoms with E-state index in [9.17, 15) is 14.0 Å². The van der Waals surface area contributed by atoms with Crippen LogP contribution < -0.4 is 0 Å². The number of halogens is 1. The Balaban J connectivity index is 1.33. The average molecular weight is 447 g/mol. The van der Waals surface area contributed by atoms with Gasteiger partial charge in [-0.3, -0.25) is 19.1 Å². The summed E-state index contributed by atoms with van der Waals surface area (Å²) in [5.74, 6) is 0.187. The lowest BCUT2D eigenvalue weighted by Crippen LogP contribution is -2.43. The maximum atomic E-state index is 14.1. The molecule has 0 radical (unpaired) electrons. The molecule has 4 aromatic rings. The Morgan fingerprint density at radius 3 is 2.64 bits per heavy atom. The van der Waals surface area contributed by atoms with Gasteiger partial charge in [0.05, 0.1) is 30.1 Å². The van der Waals surface area contributed by atoms with E-state index in [4.69, 9.17) is 4.52 Å². The maximum absolute atomic E-state index is 14.1. The van der Waals surface area contributed by atoms with Gasteiger partial charge >= 0.3 is 0 Å². The molecule has 4 aromatic heterocycles. The molecule has 5 rings (SSSR count).